The number of nitrogens with one attached hydrogen (secondary N) is 1. The molecule has 3 fully saturated rings. The third-order valence-electron chi connectivity index (χ3n) is 12.3. The number of carbonyl (C=O) groups is 2. The summed E-state index contributed by atoms with van der Waals surface area (Å²) in [4.78, 5) is 24.5. The van der Waals surface area contributed by atoms with Crippen molar-refractivity contribution in [2.45, 2.75) is 118 Å². The molecule has 0 aromatic carbocycles. The van der Waals surface area contributed by atoms with E-state index in [2.05, 4.69) is 46.0 Å². The Balaban J connectivity index is 1.28. The van der Waals surface area contributed by atoms with E-state index in [0.29, 0.717) is 5.41 Å². The Labute approximate surface area is 254 Å². The van der Waals surface area contributed by atoms with Crippen LogP contribution < -0.4 is 5.32 Å². The number of carbonyl (C=O) groups excluding carboxylic acids is 2. The first kappa shape index (κ1) is 33.3. The lowest BCUT2D eigenvalue weighted by molar-refractivity contribution is -0.159. The van der Waals surface area contributed by atoms with Crippen LogP contribution in [0.25, 0.3) is 0 Å². The number of aliphatic hydroxyl groups excluding tert-OH is 2. The molecule has 0 heterocycles. The maximum Gasteiger partial charge on any atom is 0.407 e. The van der Waals surface area contributed by atoms with Gasteiger partial charge in [0.1, 0.15) is 18.1 Å². The zero-order valence-corrected chi connectivity index (χ0v) is 27.3. The van der Waals surface area contributed by atoms with Crippen LogP contribution in [-0.2, 0) is 14.3 Å². The van der Waals surface area contributed by atoms with E-state index in [9.17, 15) is 19.8 Å². The van der Waals surface area contributed by atoms with Crippen molar-refractivity contribution in [3.63, 3.8) is 0 Å². The van der Waals surface area contributed by atoms with Crippen molar-refractivity contribution in [2.24, 2.45) is 51.8 Å². The van der Waals surface area contributed by atoms with Crippen LogP contribution in [0.2, 0.25) is 0 Å². The van der Waals surface area contributed by atoms with Crippen LogP contribution in [0.5, 0.6) is 0 Å². The molecule has 1 amide bonds. The summed E-state index contributed by atoms with van der Waals surface area (Å²) in [7, 11) is 0. The Hall–Kier alpha value is -1.60. The van der Waals surface area contributed by atoms with Gasteiger partial charge in [0, 0.05) is 6.42 Å². The van der Waals surface area contributed by atoms with Gasteiger partial charge in [-0.1, -0.05) is 65.5 Å². The number of amides is 1. The van der Waals surface area contributed by atoms with Crippen molar-refractivity contribution in [3.8, 4) is 0 Å². The lowest BCUT2D eigenvalue weighted by atomic mass is 9.47. The van der Waals surface area contributed by atoms with Gasteiger partial charge in [0.15, 0.2) is 0 Å². The van der Waals surface area contributed by atoms with Crippen molar-refractivity contribution >= 4 is 12.1 Å². The molecule has 3 saturated carbocycles. The van der Waals surface area contributed by atoms with E-state index in [1.54, 1.807) is 0 Å². The van der Waals surface area contributed by atoms with Crippen molar-refractivity contribution < 1.29 is 29.3 Å². The summed E-state index contributed by atoms with van der Waals surface area (Å²) >= 11 is 0. The van der Waals surface area contributed by atoms with Gasteiger partial charge in [-0.05, 0) is 98.2 Å². The van der Waals surface area contributed by atoms with E-state index in [0.717, 1.165) is 54.8 Å². The molecule has 7 nitrogen and oxygen atoms in total. The van der Waals surface area contributed by atoms with Gasteiger partial charge in [-0.15, -0.1) is 0 Å². The summed E-state index contributed by atoms with van der Waals surface area (Å²) in [6.45, 7) is 12.9. The fraction of sp³-hybridized carbons (Fsp3) is 0.886. The Bertz CT molecular complexity index is 975. The average Bonchev–Trinajstić information content (AvgIpc) is 3.32. The molecule has 0 bridgehead atoms. The molecule has 240 valence electrons. The summed E-state index contributed by atoms with van der Waals surface area (Å²) in [6.07, 6.45) is 15.4. The molecular weight excluding hydrogens is 530 g/mol. The minimum Gasteiger partial charge on any atom is -0.463 e. The second-order valence-corrected chi connectivity index (χ2v) is 15.5. The zero-order chi connectivity index (χ0) is 30.7. The van der Waals surface area contributed by atoms with Crippen LogP contribution in [0.15, 0.2) is 11.6 Å². The molecule has 0 aromatic heterocycles. The smallest absolute Gasteiger partial charge is 0.407 e. The molecule has 0 saturated heterocycles. The molecule has 3 N–H and O–H groups in total. The Morgan fingerprint density at radius 3 is 2.48 bits per heavy atom. The van der Waals surface area contributed by atoms with Gasteiger partial charge < -0.3 is 25.0 Å². The van der Waals surface area contributed by atoms with Crippen LogP contribution in [0.3, 0.4) is 0 Å². The molecule has 1 unspecified atom stereocenters. The molecule has 4 aliphatic carbocycles. The van der Waals surface area contributed by atoms with Gasteiger partial charge in [-0.2, -0.15) is 0 Å². The third kappa shape index (κ3) is 6.72. The normalized spacial score (nSPS) is 35.0. The number of allylic oxidation sites excluding steroid dienone is 1. The van der Waals surface area contributed by atoms with E-state index < -0.39 is 30.7 Å². The summed E-state index contributed by atoms with van der Waals surface area (Å²) in [5.74, 6) is 4.17. The molecule has 42 heavy (non-hydrogen) atoms. The number of alkyl carbamates (subject to hydrolysis) is 1. The first-order valence-corrected chi connectivity index (χ1v) is 16.9. The highest BCUT2D eigenvalue weighted by Gasteiger charge is 2.59. The van der Waals surface area contributed by atoms with Crippen LogP contribution in [0.4, 0.5) is 4.79 Å². The number of aliphatic hydroxyl groups is 2. The van der Waals surface area contributed by atoms with Gasteiger partial charge in [0.2, 0.25) is 0 Å². The Kier molecular flexibility index (Phi) is 10.8. The molecular formula is C35H59NO6. The third-order valence-corrected chi connectivity index (χ3v) is 12.3. The summed E-state index contributed by atoms with van der Waals surface area (Å²) < 4.78 is 10.9. The predicted octanol–water partition coefficient (Wildman–Crippen LogP) is 6.66. The van der Waals surface area contributed by atoms with E-state index in [4.69, 9.17) is 9.47 Å². The van der Waals surface area contributed by atoms with E-state index in [1.165, 1.54) is 63.9 Å². The predicted molar refractivity (Wildman–Crippen MR) is 165 cm³/mol. The summed E-state index contributed by atoms with van der Waals surface area (Å²) in [5.41, 5.74) is 0.849. The second-order valence-electron chi connectivity index (χ2n) is 15.5. The second kappa shape index (κ2) is 13.6. The number of rotatable bonds is 12. The minimum absolute atomic E-state index is 0.0435. The quantitative estimate of drug-likeness (QED) is 0.134. The topological polar surface area (TPSA) is 105 Å². The highest BCUT2D eigenvalue weighted by molar-refractivity contribution is 5.76. The first-order valence-electron chi connectivity index (χ1n) is 16.9. The van der Waals surface area contributed by atoms with Gasteiger partial charge in [-0.25, -0.2) is 4.79 Å². The largest absolute Gasteiger partial charge is 0.463 e. The van der Waals surface area contributed by atoms with E-state index in [1.807, 2.05) is 0 Å². The molecule has 0 spiro atoms. The van der Waals surface area contributed by atoms with E-state index in [-0.39, 0.29) is 24.7 Å². The highest BCUT2D eigenvalue weighted by atomic mass is 16.6. The number of hydrogen-bond donors (Lipinski definition) is 3. The SMILES string of the molecule is CC(C)CCC[C@@H](C)[C@H]1CC[C@H]2[C@@H]3CC=C4CC(OC(=O)NCCOC(=O)C(C)(CO)CO)CC[C@]4(C)[C@H]3CC[C@]12C. The van der Waals surface area contributed by atoms with Crippen LogP contribution in [-0.4, -0.2) is 54.7 Å². The summed E-state index contributed by atoms with van der Waals surface area (Å²) in [6, 6.07) is 0. The Morgan fingerprint density at radius 1 is 1.05 bits per heavy atom. The van der Waals surface area contributed by atoms with Crippen LogP contribution >= 0.6 is 0 Å². The van der Waals surface area contributed by atoms with Crippen LogP contribution in [0.1, 0.15) is 112 Å². The minimum atomic E-state index is -1.34. The van der Waals surface area contributed by atoms with Crippen molar-refractivity contribution in [1.82, 2.24) is 5.32 Å². The monoisotopic (exact) mass is 589 g/mol. The van der Waals surface area contributed by atoms with Crippen LogP contribution in [0, 0.1) is 51.8 Å². The van der Waals surface area contributed by atoms with Gasteiger partial charge in [0.25, 0.3) is 0 Å². The molecule has 0 aromatic rings. The highest BCUT2D eigenvalue weighted by Crippen LogP contribution is 2.67. The van der Waals surface area contributed by atoms with Gasteiger partial charge in [0.05, 0.1) is 19.8 Å². The fourth-order valence-corrected chi connectivity index (χ4v) is 9.60. The van der Waals surface area contributed by atoms with Gasteiger partial charge in [-0.3, -0.25) is 4.79 Å². The standard InChI is InChI=1S/C35H59NO6/c1-23(2)8-7-9-24(3)28-12-13-29-27-11-10-25-20-26(14-16-34(25,5)30(27)15-17-35(28,29)6)42-32(40)36-18-19-41-31(39)33(4,21-37)22-38/h10,23-24,26-30,37-38H,7-9,11-22H2,1-6H3,(H,36,40)/t24-,26?,27+,28-,29+,30+,34+,35-/m1/s1. The lowest BCUT2D eigenvalue weighted by Crippen LogP contribution is -2.51. The Morgan fingerprint density at radius 2 is 1.79 bits per heavy atom. The molecule has 0 radical (unpaired) electrons. The molecule has 4 rings (SSSR count). The summed E-state index contributed by atoms with van der Waals surface area (Å²) in [5, 5.41) is 21.3. The van der Waals surface area contributed by atoms with Gasteiger partial charge >= 0.3 is 12.1 Å². The van der Waals surface area contributed by atoms with Crippen molar-refractivity contribution in [1.29, 1.82) is 0 Å². The zero-order valence-electron chi connectivity index (χ0n) is 27.3. The number of esters is 1. The lowest BCUT2D eigenvalue weighted by Gasteiger charge is -2.58. The number of fused-ring (bicyclic) bond motifs is 5. The molecule has 8 atom stereocenters. The maximum absolute atomic E-state index is 12.5. The number of ether oxygens (including phenoxy) is 2. The first-order chi connectivity index (χ1) is 19.9. The molecule has 4 aliphatic rings. The molecule has 0 aliphatic heterocycles. The van der Waals surface area contributed by atoms with E-state index >= 15 is 0 Å². The average molecular weight is 590 g/mol. The fourth-order valence-electron chi connectivity index (χ4n) is 9.60. The number of hydrogen-bond acceptors (Lipinski definition) is 6. The van der Waals surface area contributed by atoms with Crippen molar-refractivity contribution in [3.05, 3.63) is 11.6 Å². The maximum atomic E-state index is 12.5. The van der Waals surface area contributed by atoms with Crippen molar-refractivity contribution in [2.75, 3.05) is 26.4 Å². The molecule has 7 heteroatoms.